The Balaban J connectivity index is 2.13. The predicted molar refractivity (Wildman–Crippen MR) is 123 cm³/mol. The number of nitrogens with zero attached hydrogens (tertiary/aromatic N) is 4. The summed E-state index contributed by atoms with van der Waals surface area (Å²) in [6.07, 6.45) is 1.88. The Bertz CT molecular complexity index is 1130. The van der Waals surface area contributed by atoms with E-state index in [2.05, 4.69) is 45.6 Å². The summed E-state index contributed by atoms with van der Waals surface area (Å²) in [6.45, 7) is 8.25. The second-order valence-electron chi connectivity index (χ2n) is 6.89. The highest BCUT2D eigenvalue weighted by molar-refractivity contribution is 14.1. The second kappa shape index (κ2) is 8.93. The molecule has 0 fully saturated rings. The smallest absolute Gasteiger partial charge is 0.308 e. The van der Waals surface area contributed by atoms with Gasteiger partial charge in [0.15, 0.2) is 0 Å². The van der Waals surface area contributed by atoms with E-state index < -0.39 is 0 Å². The monoisotopic (exact) mass is 502 g/mol. The Hall–Kier alpha value is -2.44. The maximum absolute atomic E-state index is 12.9. The number of ether oxygens (including phenoxy) is 1. The largest absolute Gasteiger partial charge is 0.382 e. The molecule has 0 aliphatic carbocycles. The van der Waals surface area contributed by atoms with Crippen LogP contribution in [-0.4, -0.2) is 34.4 Å². The molecule has 0 spiro atoms. The normalized spacial score (nSPS) is 11.8. The maximum atomic E-state index is 12.9. The summed E-state index contributed by atoms with van der Waals surface area (Å²) in [6, 6.07) is 7.84. The van der Waals surface area contributed by atoms with E-state index in [-0.39, 0.29) is 11.9 Å². The van der Waals surface area contributed by atoms with Crippen molar-refractivity contribution in [1.82, 2.24) is 14.8 Å². The first-order chi connectivity index (χ1) is 13.8. The summed E-state index contributed by atoms with van der Waals surface area (Å²) >= 11 is 2.30. The minimum atomic E-state index is -0.316. The molecule has 0 aliphatic heterocycles. The Morgan fingerprint density at radius 2 is 2.03 bits per heavy atom. The van der Waals surface area contributed by atoms with Gasteiger partial charge in [-0.05, 0) is 91.6 Å². The van der Waals surface area contributed by atoms with Crippen molar-refractivity contribution in [2.45, 2.75) is 33.7 Å². The van der Waals surface area contributed by atoms with Crippen LogP contribution in [0.5, 0.6) is 0 Å². The highest BCUT2D eigenvalue weighted by Crippen LogP contribution is 2.31. The quantitative estimate of drug-likeness (QED) is 0.380. The topological polar surface area (TPSA) is 60.2 Å². The van der Waals surface area contributed by atoms with Gasteiger partial charge < -0.3 is 4.74 Å². The lowest BCUT2D eigenvalue weighted by Gasteiger charge is -2.22. The molecule has 6 nitrogen and oxygen atoms in total. The Morgan fingerprint density at radius 3 is 2.72 bits per heavy atom. The molecule has 0 saturated carbocycles. The van der Waals surface area contributed by atoms with Crippen molar-refractivity contribution in [3.8, 4) is 11.8 Å². The number of pyridine rings is 1. The second-order valence-corrected chi connectivity index (χ2v) is 8.05. The third kappa shape index (κ3) is 4.43. The number of hydrogen-bond donors (Lipinski definition) is 0. The molecule has 7 heteroatoms. The van der Waals surface area contributed by atoms with Gasteiger partial charge in [0.05, 0.1) is 24.5 Å². The molecule has 2 aromatic heterocycles. The highest BCUT2D eigenvalue weighted by Gasteiger charge is 2.21. The lowest BCUT2D eigenvalue weighted by molar-refractivity contribution is -0.112. The Kier molecular flexibility index (Phi) is 6.55. The molecule has 2 heterocycles. The molecule has 1 atom stereocenters. The fourth-order valence-electron chi connectivity index (χ4n) is 3.09. The number of aromatic nitrogens is 3. The number of methoxy groups -OCH3 is 1. The summed E-state index contributed by atoms with van der Waals surface area (Å²) < 4.78 is 8.20. The lowest BCUT2D eigenvalue weighted by Crippen LogP contribution is -2.26. The van der Waals surface area contributed by atoms with Crippen LogP contribution in [0, 0.1) is 29.3 Å². The Morgan fingerprint density at radius 1 is 1.28 bits per heavy atom. The first-order valence-electron chi connectivity index (χ1n) is 9.24. The van der Waals surface area contributed by atoms with E-state index in [0.29, 0.717) is 17.9 Å². The van der Waals surface area contributed by atoms with Crippen molar-refractivity contribution in [3.05, 3.63) is 45.2 Å². The van der Waals surface area contributed by atoms with Gasteiger partial charge in [0.25, 0.3) is 0 Å². The maximum Gasteiger partial charge on any atom is 0.308 e. The van der Waals surface area contributed by atoms with Crippen LogP contribution >= 0.6 is 22.6 Å². The summed E-state index contributed by atoms with van der Waals surface area (Å²) in [7, 11) is 1.67. The molecule has 3 aromatic rings. The fraction of sp³-hybridized carbons (Fsp3) is 0.318. The van der Waals surface area contributed by atoms with Crippen LogP contribution in [0.1, 0.15) is 31.0 Å². The molecular formula is C22H23IN4O2. The van der Waals surface area contributed by atoms with Gasteiger partial charge in [0.1, 0.15) is 16.9 Å². The third-order valence-electron chi connectivity index (χ3n) is 4.61. The number of carbonyl (C=O) groups is 1. The molecular weight excluding hydrogens is 479 g/mol. The molecule has 0 saturated heterocycles. The van der Waals surface area contributed by atoms with E-state index in [9.17, 15) is 4.79 Å². The van der Waals surface area contributed by atoms with E-state index >= 15 is 0 Å². The molecule has 1 amide bonds. The molecule has 0 N–H and O–H groups in total. The van der Waals surface area contributed by atoms with Crippen molar-refractivity contribution >= 4 is 51.0 Å². The molecule has 0 unspecified atom stereocenters. The highest BCUT2D eigenvalue weighted by atomic mass is 127. The zero-order chi connectivity index (χ0) is 21.1. The average molecular weight is 502 g/mol. The Labute approximate surface area is 184 Å². The number of benzene rings is 1. The number of anilines is 2. The number of hydrogen-bond acceptors (Lipinski definition) is 4. The zero-order valence-corrected chi connectivity index (χ0v) is 19.3. The van der Waals surface area contributed by atoms with Crippen molar-refractivity contribution in [3.63, 3.8) is 0 Å². The van der Waals surface area contributed by atoms with Gasteiger partial charge in [-0.25, -0.2) is 4.98 Å². The van der Waals surface area contributed by atoms with Crippen molar-refractivity contribution in [2.75, 3.05) is 18.6 Å². The summed E-state index contributed by atoms with van der Waals surface area (Å²) in [4.78, 5) is 19.2. The van der Waals surface area contributed by atoms with Gasteiger partial charge >= 0.3 is 5.91 Å². The fourth-order valence-corrected chi connectivity index (χ4v) is 3.71. The minimum absolute atomic E-state index is 0.0856. The van der Waals surface area contributed by atoms with Crippen molar-refractivity contribution < 1.29 is 9.53 Å². The average Bonchev–Trinajstić information content (AvgIpc) is 3.10. The molecule has 0 radical (unpaired) electrons. The SMILES string of the molecule is CC#CC(=O)N(c1ccc2nn([C@@H](C)COC)cc2n1)c1cc(C)c(I)cc1C. The first-order valence-corrected chi connectivity index (χ1v) is 10.3. The summed E-state index contributed by atoms with van der Waals surface area (Å²) in [5.41, 5.74) is 4.34. The van der Waals surface area contributed by atoms with Crippen LogP contribution in [-0.2, 0) is 9.53 Å². The molecule has 0 bridgehead atoms. The van der Waals surface area contributed by atoms with E-state index in [1.165, 1.54) is 0 Å². The van der Waals surface area contributed by atoms with Crippen molar-refractivity contribution in [1.29, 1.82) is 0 Å². The van der Waals surface area contributed by atoms with Crippen LogP contribution in [0.4, 0.5) is 11.5 Å². The number of fused-ring (bicyclic) bond motifs is 1. The van der Waals surface area contributed by atoms with E-state index in [1.54, 1.807) is 18.9 Å². The number of amides is 1. The van der Waals surface area contributed by atoms with E-state index in [0.717, 1.165) is 25.9 Å². The summed E-state index contributed by atoms with van der Waals surface area (Å²) in [5, 5.41) is 4.57. The van der Waals surface area contributed by atoms with E-state index in [1.807, 2.05) is 49.8 Å². The number of halogens is 1. The predicted octanol–water partition coefficient (Wildman–Crippen LogP) is 4.55. The van der Waals surface area contributed by atoms with Gasteiger partial charge in [-0.1, -0.05) is 5.92 Å². The van der Waals surface area contributed by atoms with Gasteiger partial charge in [-0.15, -0.1) is 0 Å². The number of rotatable bonds is 5. The molecule has 29 heavy (non-hydrogen) atoms. The van der Waals surface area contributed by atoms with Crippen LogP contribution in [0.2, 0.25) is 0 Å². The summed E-state index contributed by atoms with van der Waals surface area (Å²) in [5.74, 6) is 5.56. The van der Waals surface area contributed by atoms with Crippen LogP contribution in [0.25, 0.3) is 11.0 Å². The number of aryl methyl sites for hydroxylation is 2. The molecule has 150 valence electrons. The first kappa shape index (κ1) is 21.3. The molecule has 0 aliphatic rings. The zero-order valence-electron chi connectivity index (χ0n) is 17.2. The van der Waals surface area contributed by atoms with Gasteiger partial charge in [0.2, 0.25) is 0 Å². The van der Waals surface area contributed by atoms with Gasteiger partial charge in [-0.2, -0.15) is 5.10 Å². The minimum Gasteiger partial charge on any atom is -0.382 e. The molecule has 1 aromatic carbocycles. The number of carbonyl (C=O) groups excluding carboxylic acids is 1. The standard InChI is InChI=1S/C22H23IN4O2/c1-6-7-22(28)27(20-11-14(2)17(23)10-15(20)3)21-9-8-18-19(24-21)12-26(25-18)16(4)13-29-5/h8-12,16H,13H2,1-5H3/t16-/m0/s1. The van der Waals surface area contributed by atoms with Crippen LogP contribution in [0.15, 0.2) is 30.5 Å². The third-order valence-corrected chi connectivity index (χ3v) is 5.77. The lowest BCUT2D eigenvalue weighted by atomic mass is 10.1. The van der Waals surface area contributed by atoms with Crippen LogP contribution in [0.3, 0.4) is 0 Å². The van der Waals surface area contributed by atoms with Gasteiger partial charge in [0, 0.05) is 10.7 Å². The van der Waals surface area contributed by atoms with E-state index in [4.69, 9.17) is 9.72 Å². The van der Waals surface area contributed by atoms with Gasteiger partial charge in [-0.3, -0.25) is 14.4 Å². The van der Waals surface area contributed by atoms with Crippen molar-refractivity contribution in [2.24, 2.45) is 0 Å². The molecule has 3 rings (SSSR count). The van der Waals surface area contributed by atoms with Crippen LogP contribution < -0.4 is 4.90 Å².